The number of nitrogens with one attached hydrogen (secondary N) is 2. The maximum absolute atomic E-state index is 11.6. The van der Waals surface area contributed by atoms with E-state index in [2.05, 4.69) is 15.6 Å². The molecule has 1 heterocycles. The Labute approximate surface area is 95.4 Å². The molecule has 88 valence electrons. The second-order valence-corrected chi connectivity index (χ2v) is 3.97. The Morgan fingerprint density at radius 2 is 2.12 bits per heavy atom. The molecule has 1 aromatic rings. The zero-order valence-electron chi connectivity index (χ0n) is 9.82. The molecule has 0 saturated carbocycles. The Kier molecular flexibility index (Phi) is 4.10. The fraction of sp³-hybridized carbons (Fsp3) is 0.455. The molecule has 0 saturated heterocycles. The van der Waals surface area contributed by atoms with E-state index in [1.54, 1.807) is 25.3 Å². The van der Waals surface area contributed by atoms with Crippen LogP contribution in [0.25, 0.3) is 0 Å². The van der Waals surface area contributed by atoms with Crippen molar-refractivity contribution in [1.82, 2.24) is 10.3 Å². The third-order valence-electron chi connectivity index (χ3n) is 2.02. The number of aromatic nitrogens is 1. The van der Waals surface area contributed by atoms with Crippen LogP contribution in [-0.2, 0) is 4.79 Å². The van der Waals surface area contributed by atoms with E-state index < -0.39 is 0 Å². The largest absolute Gasteiger partial charge is 0.396 e. The SMILES string of the molecule is CC(C)NC(=O)C(C)Nc1ncccc1N. The van der Waals surface area contributed by atoms with E-state index in [1.165, 1.54) is 0 Å². The number of rotatable bonds is 4. The fourth-order valence-corrected chi connectivity index (χ4v) is 1.22. The zero-order valence-corrected chi connectivity index (χ0v) is 9.82. The second kappa shape index (κ2) is 5.34. The van der Waals surface area contributed by atoms with Crippen molar-refractivity contribution in [3.63, 3.8) is 0 Å². The van der Waals surface area contributed by atoms with Crippen molar-refractivity contribution in [2.75, 3.05) is 11.1 Å². The summed E-state index contributed by atoms with van der Waals surface area (Å²) in [5.41, 5.74) is 6.25. The molecule has 1 atom stereocenters. The topological polar surface area (TPSA) is 80.0 Å². The van der Waals surface area contributed by atoms with E-state index in [1.807, 2.05) is 13.8 Å². The van der Waals surface area contributed by atoms with Crippen molar-refractivity contribution in [1.29, 1.82) is 0 Å². The van der Waals surface area contributed by atoms with E-state index in [9.17, 15) is 4.79 Å². The van der Waals surface area contributed by atoms with Gasteiger partial charge in [-0.25, -0.2) is 4.98 Å². The lowest BCUT2D eigenvalue weighted by molar-refractivity contribution is -0.122. The molecule has 0 bridgehead atoms. The first kappa shape index (κ1) is 12.3. The number of hydrogen-bond donors (Lipinski definition) is 3. The summed E-state index contributed by atoms with van der Waals surface area (Å²) in [6.45, 7) is 5.60. The number of nitrogen functional groups attached to an aromatic ring is 1. The number of hydrogen-bond acceptors (Lipinski definition) is 4. The van der Waals surface area contributed by atoms with Crippen LogP contribution in [0.1, 0.15) is 20.8 Å². The van der Waals surface area contributed by atoms with Gasteiger partial charge in [-0.3, -0.25) is 4.79 Å². The minimum absolute atomic E-state index is 0.0694. The van der Waals surface area contributed by atoms with Crippen LogP contribution in [0.2, 0.25) is 0 Å². The van der Waals surface area contributed by atoms with Crippen LogP contribution in [0.5, 0.6) is 0 Å². The number of carbonyl (C=O) groups excluding carboxylic acids is 1. The summed E-state index contributed by atoms with van der Waals surface area (Å²) >= 11 is 0. The van der Waals surface area contributed by atoms with Gasteiger partial charge in [-0.1, -0.05) is 0 Å². The average molecular weight is 222 g/mol. The molecule has 0 aliphatic heterocycles. The Morgan fingerprint density at radius 3 is 2.69 bits per heavy atom. The first-order valence-electron chi connectivity index (χ1n) is 5.28. The average Bonchev–Trinajstić information content (AvgIpc) is 2.20. The number of pyridine rings is 1. The van der Waals surface area contributed by atoms with Crippen molar-refractivity contribution >= 4 is 17.4 Å². The van der Waals surface area contributed by atoms with Crippen LogP contribution in [0.15, 0.2) is 18.3 Å². The molecular formula is C11H18N4O. The highest BCUT2D eigenvalue weighted by atomic mass is 16.2. The van der Waals surface area contributed by atoms with E-state index in [0.29, 0.717) is 11.5 Å². The fourth-order valence-electron chi connectivity index (χ4n) is 1.22. The van der Waals surface area contributed by atoms with Gasteiger partial charge in [-0.2, -0.15) is 0 Å². The Morgan fingerprint density at radius 1 is 1.44 bits per heavy atom. The van der Waals surface area contributed by atoms with Crippen molar-refractivity contribution in [3.8, 4) is 0 Å². The van der Waals surface area contributed by atoms with Gasteiger partial charge in [0.1, 0.15) is 11.9 Å². The van der Waals surface area contributed by atoms with Gasteiger partial charge in [0.15, 0.2) is 0 Å². The van der Waals surface area contributed by atoms with Gasteiger partial charge in [0.2, 0.25) is 5.91 Å². The molecule has 1 rings (SSSR count). The maximum Gasteiger partial charge on any atom is 0.242 e. The first-order chi connectivity index (χ1) is 7.50. The van der Waals surface area contributed by atoms with Crippen LogP contribution < -0.4 is 16.4 Å². The first-order valence-corrected chi connectivity index (χ1v) is 5.28. The normalized spacial score (nSPS) is 12.2. The molecular weight excluding hydrogens is 204 g/mol. The summed E-state index contributed by atoms with van der Waals surface area (Å²) in [6.07, 6.45) is 1.63. The molecule has 4 N–H and O–H groups in total. The molecule has 1 unspecified atom stereocenters. The molecule has 1 aromatic heterocycles. The number of anilines is 2. The molecule has 0 radical (unpaired) electrons. The summed E-state index contributed by atoms with van der Waals surface area (Å²) in [4.78, 5) is 15.7. The van der Waals surface area contributed by atoms with Gasteiger partial charge in [0, 0.05) is 12.2 Å². The van der Waals surface area contributed by atoms with Gasteiger partial charge in [0.05, 0.1) is 5.69 Å². The molecule has 0 aliphatic carbocycles. The van der Waals surface area contributed by atoms with Crippen molar-refractivity contribution in [2.24, 2.45) is 0 Å². The number of nitrogens with two attached hydrogens (primary N) is 1. The number of carbonyl (C=O) groups is 1. The number of nitrogens with zero attached hydrogens (tertiary/aromatic N) is 1. The predicted molar refractivity (Wildman–Crippen MR) is 65.0 cm³/mol. The highest BCUT2D eigenvalue weighted by Crippen LogP contribution is 2.13. The van der Waals surface area contributed by atoms with Crippen molar-refractivity contribution < 1.29 is 4.79 Å². The molecule has 0 fully saturated rings. The van der Waals surface area contributed by atoms with Crippen LogP contribution >= 0.6 is 0 Å². The van der Waals surface area contributed by atoms with Crippen LogP contribution in [0.3, 0.4) is 0 Å². The summed E-state index contributed by atoms with van der Waals surface area (Å²) in [6, 6.07) is 3.25. The van der Waals surface area contributed by atoms with Gasteiger partial charge in [-0.15, -0.1) is 0 Å². The third-order valence-corrected chi connectivity index (χ3v) is 2.02. The smallest absolute Gasteiger partial charge is 0.242 e. The predicted octanol–water partition coefficient (Wildman–Crippen LogP) is 0.989. The quantitative estimate of drug-likeness (QED) is 0.709. The number of amides is 1. The summed E-state index contributed by atoms with van der Waals surface area (Å²) in [5.74, 6) is 0.467. The molecule has 0 spiro atoms. The van der Waals surface area contributed by atoms with Crippen LogP contribution in [0.4, 0.5) is 11.5 Å². The zero-order chi connectivity index (χ0) is 12.1. The standard InChI is InChI=1S/C11H18N4O/c1-7(2)14-11(16)8(3)15-10-9(12)5-4-6-13-10/h4-8H,12H2,1-3H3,(H,13,15)(H,14,16). The highest BCUT2D eigenvalue weighted by molar-refractivity contribution is 5.84. The summed E-state index contributed by atoms with van der Waals surface area (Å²) in [7, 11) is 0. The Balaban J connectivity index is 2.61. The van der Waals surface area contributed by atoms with Crippen LogP contribution in [-0.4, -0.2) is 23.0 Å². The monoisotopic (exact) mass is 222 g/mol. The molecule has 0 aliphatic rings. The van der Waals surface area contributed by atoms with Gasteiger partial charge >= 0.3 is 0 Å². The minimum Gasteiger partial charge on any atom is -0.396 e. The van der Waals surface area contributed by atoms with Gasteiger partial charge < -0.3 is 16.4 Å². The Hall–Kier alpha value is -1.78. The minimum atomic E-state index is -0.361. The Bertz CT molecular complexity index is 365. The van der Waals surface area contributed by atoms with Gasteiger partial charge in [0.25, 0.3) is 0 Å². The molecule has 0 aromatic carbocycles. The second-order valence-electron chi connectivity index (χ2n) is 3.97. The third kappa shape index (κ3) is 3.42. The van der Waals surface area contributed by atoms with Crippen molar-refractivity contribution in [3.05, 3.63) is 18.3 Å². The lowest BCUT2D eigenvalue weighted by Gasteiger charge is -2.17. The highest BCUT2D eigenvalue weighted by Gasteiger charge is 2.14. The van der Waals surface area contributed by atoms with Crippen LogP contribution in [0, 0.1) is 0 Å². The van der Waals surface area contributed by atoms with E-state index in [-0.39, 0.29) is 18.0 Å². The molecule has 5 heteroatoms. The maximum atomic E-state index is 11.6. The summed E-state index contributed by atoms with van der Waals surface area (Å²) < 4.78 is 0. The lowest BCUT2D eigenvalue weighted by Crippen LogP contribution is -2.41. The lowest BCUT2D eigenvalue weighted by atomic mass is 10.2. The molecule has 1 amide bonds. The molecule has 5 nitrogen and oxygen atoms in total. The van der Waals surface area contributed by atoms with E-state index in [0.717, 1.165) is 0 Å². The summed E-state index contributed by atoms with van der Waals surface area (Å²) in [5, 5.41) is 5.78. The van der Waals surface area contributed by atoms with E-state index in [4.69, 9.17) is 5.73 Å². The van der Waals surface area contributed by atoms with Crippen molar-refractivity contribution in [2.45, 2.75) is 32.9 Å². The molecule has 16 heavy (non-hydrogen) atoms. The van der Waals surface area contributed by atoms with E-state index >= 15 is 0 Å². The van der Waals surface area contributed by atoms with Gasteiger partial charge in [-0.05, 0) is 32.9 Å².